The monoisotopic (exact) mass is 306 g/mol. The van der Waals surface area contributed by atoms with Crippen LogP contribution in [-0.2, 0) is 6.18 Å². The lowest BCUT2D eigenvalue weighted by Gasteiger charge is -2.30. The van der Waals surface area contributed by atoms with E-state index in [0.29, 0.717) is 12.6 Å². The molecule has 1 saturated heterocycles. The van der Waals surface area contributed by atoms with Crippen LogP contribution in [0.1, 0.15) is 39.5 Å². The fraction of sp³-hybridized carbons (Fsp3) is 0.462. The van der Waals surface area contributed by atoms with Crippen LogP contribution in [0.5, 0.6) is 0 Å². The lowest BCUT2D eigenvalue weighted by atomic mass is 9.95. The van der Waals surface area contributed by atoms with E-state index in [1.54, 1.807) is 0 Å². The zero-order valence-electron chi connectivity index (χ0n) is 10.7. The van der Waals surface area contributed by atoms with E-state index in [1.807, 2.05) is 0 Å². The van der Waals surface area contributed by atoms with Crippen LogP contribution in [0.25, 0.3) is 0 Å². The molecule has 3 nitrogen and oxygen atoms in total. The number of nitrogens with one attached hydrogen (secondary N) is 1. The number of carbonyl (C=O) groups excluding carboxylic acids is 1. The number of halogens is 5. The predicted molar refractivity (Wildman–Crippen MR) is 63.0 cm³/mol. The van der Waals surface area contributed by atoms with Crippen LogP contribution in [0.3, 0.4) is 0 Å². The molecule has 1 fully saturated rings. The van der Waals surface area contributed by atoms with Gasteiger partial charge in [-0.3, -0.25) is 4.79 Å². The number of amides is 1. The van der Waals surface area contributed by atoms with Gasteiger partial charge in [0.2, 0.25) is 0 Å². The smallest absolute Gasteiger partial charge is 0.329 e. The molecule has 1 aromatic rings. The van der Waals surface area contributed by atoms with Gasteiger partial charge in [0.25, 0.3) is 12.3 Å². The van der Waals surface area contributed by atoms with Crippen molar-refractivity contribution in [2.75, 3.05) is 19.6 Å². The van der Waals surface area contributed by atoms with Gasteiger partial charge in [0.05, 0.1) is 17.2 Å². The average Bonchev–Trinajstić information content (AvgIpc) is 2.71. The largest absolute Gasteiger partial charge is 0.417 e. The SMILES string of the molecule is O=C1c2c(cc(C(F)F)cc2C(F)(F)F)C2CNCCN12. The van der Waals surface area contributed by atoms with E-state index in [0.717, 1.165) is 6.07 Å². The summed E-state index contributed by atoms with van der Waals surface area (Å²) < 4.78 is 65.0. The van der Waals surface area contributed by atoms with Crippen LogP contribution in [0.4, 0.5) is 22.0 Å². The van der Waals surface area contributed by atoms with Gasteiger partial charge in [0.15, 0.2) is 0 Å². The van der Waals surface area contributed by atoms with Crippen molar-refractivity contribution in [3.8, 4) is 0 Å². The summed E-state index contributed by atoms with van der Waals surface area (Å²) in [7, 11) is 0. The van der Waals surface area contributed by atoms with Crippen LogP contribution in [0.15, 0.2) is 12.1 Å². The van der Waals surface area contributed by atoms with E-state index >= 15 is 0 Å². The van der Waals surface area contributed by atoms with E-state index in [9.17, 15) is 26.7 Å². The second-order valence-corrected chi connectivity index (χ2v) is 5.05. The maximum atomic E-state index is 13.1. The molecule has 0 spiro atoms. The first-order valence-corrected chi connectivity index (χ1v) is 6.35. The Morgan fingerprint density at radius 2 is 2.00 bits per heavy atom. The van der Waals surface area contributed by atoms with E-state index < -0.39 is 41.2 Å². The molecular weight excluding hydrogens is 295 g/mol. The van der Waals surface area contributed by atoms with Gasteiger partial charge in [0.1, 0.15) is 0 Å². The fourth-order valence-corrected chi connectivity index (χ4v) is 2.91. The van der Waals surface area contributed by atoms with E-state index in [-0.39, 0.29) is 18.7 Å². The molecule has 0 aliphatic carbocycles. The van der Waals surface area contributed by atoms with Gasteiger partial charge in [-0.1, -0.05) is 0 Å². The standard InChI is InChI=1S/C13H11F5N2O/c14-11(15)6-3-7-9-5-19-1-2-20(9)12(21)10(7)8(4-6)13(16,17)18/h3-4,9,11,19H,1-2,5H2. The van der Waals surface area contributed by atoms with Crippen molar-refractivity contribution in [1.29, 1.82) is 0 Å². The molecule has 0 bridgehead atoms. The van der Waals surface area contributed by atoms with Crippen LogP contribution in [-0.4, -0.2) is 30.4 Å². The predicted octanol–water partition coefficient (Wildman–Crippen LogP) is 2.74. The molecule has 2 aliphatic rings. The summed E-state index contributed by atoms with van der Waals surface area (Å²) in [5, 5.41) is 2.96. The molecule has 1 N–H and O–H groups in total. The molecule has 2 aliphatic heterocycles. The number of piperazine rings is 1. The molecule has 2 heterocycles. The van der Waals surface area contributed by atoms with Crippen molar-refractivity contribution < 1.29 is 26.7 Å². The van der Waals surface area contributed by atoms with Crippen molar-refractivity contribution in [3.05, 3.63) is 34.4 Å². The normalized spacial score (nSPS) is 21.7. The summed E-state index contributed by atoms with van der Waals surface area (Å²) in [6.07, 6.45) is -7.86. The number of hydrogen-bond acceptors (Lipinski definition) is 2. The lowest BCUT2D eigenvalue weighted by Crippen LogP contribution is -2.44. The first-order chi connectivity index (χ1) is 9.80. The average molecular weight is 306 g/mol. The van der Waals surface area contributed by atoms with Gasteiger partial charge in [-0.15, -0.1) is 0 Å². The molecule has 1 unspecified atom stereocenters. The summed E-state index contributed by atoms with van der Waals surface area (Å²) in [5.41, 5.74) is -2.42. The number of rotatable bonds is 1. The maximum Gasteiger partial charge on any atom is 0.417 e. The van der Waals surface area contributed by atoms with E-state index in [1.165, 1.54) is 4.90 Å². The van der Waals surface area contributed by atoms with Crippen molar-refractivity contribution in [2.45, 2.75) is 18.6 Å². The maximum absolute atomic E-state index is 13.1. The van der Waals surface area contributed by atoms with Gasteiger partial charge in [-0.05, 0) is 17.7 Å². The highest BCUT2D eigenvalue weighted by Crippen LogP contribution is 2.43. The molecule has 3 rings (SSSR count). The minimum absolute atomic E-state index is 0.0392. The van der Waals surface area contributed by atoms with Crippen molar-refractivity contribution >= 4 is 5.91 Å². The fourth-order valence-electron chi connectivity index (χ4n) is 2.91. The molecular formula is C13H11F5N2O. The highest BCUT2D eigenvalue weighted by Gasteiger charge is 2.46. The summed E-state index contributed by atoms with van der Waals surface area (Å²) in [6.45, 7) is 1.00. The van der Waals surface area contributed by atoms with Gasteiger partial charge < -0.3 is 10.2 Å². The molecule has 1 atom stereocenters. The van der Waals surface area contributed by atoms with Gasteiger partial charge in [-0.2, -0.15) is 13.2 Å². The molecule has 0 saturated carbocycles. The molecule has 114 valence electrons. The summed E-state index contributed by atoms with van der Waals surface area (Å²) >= 11 is 0. The minimum atomic E-state index is -4.84. The van der Waals surface area contributed by atoms with Crippen LogP contribution in [0, 0.1) is 0 Å². The zero-order chi connectivity index (χ0) is 15.4. The Labute approximate surface area is 116 Å². The summed E-state index contributed by atoms with van der Waals surface area (Å²) in [5.74, 6) is -0.732. The number of alkyl halides is 5. The van der Waals surface area contributed by atoms with Gasteiger partial charge in [-0.25, -0.2) is 8.78 Å². The van der Waals surface area contributed by atoms with Crippen molar-refractivity contribution in [1.82, 2.24) is 10.2 Å². The Kier molecular flexibility index (Phi) is 3.16. The molecule has 0 aromatic heterocycles. The zero-order valence-corrected chi connectivity index (χ0v) is 10.7. The lowest BCUT2D eigenvalue weighted by molar-refractivity contribution is -0.138. The van der Waals surface area contributed by atoms with Crippen molar-refractivity contribution in [2.24, 2.45) is 0 Å². The highest BCUT2D eigenvalue weighted by molar-refractivity contribution is 6.01. The molecule has 1 amide bonds. The number of benzene rings is 1. The van der Waals surface area contributed by atoms with Crippen LogP contribution >= 0.6 is 0 Å². The third-order valence-electron chi connectivity index (χ3n) is 3.83. The number of carbonyl (C=O) groups is 1. The number of hydrogen-bond donors (Lipinski definition) is 1. The topological polar surface area (TPSA) is 32.3 Å². The Balaban J connectivity index is 2.22. The van der Waals surface area contributed by atoms with Crippen LogP contribution in [0.2, 0.25) is 0 Å². The quantitative estimate of drug-likeness (QED) is 0.809. The minimum Gasteiger partial charge on any atom is -0.329 e. The second kappa shape index (κ2) is 4.66. The highest BCUT2D eigenvalue weighted by atomic mass is 19.4. The molecule has 8 heteroatoms. The van der Waals surface area contributed by atoms with E-state index in [4.69, 9.17) is 0 Å². The molecule has 21 heavy (non-hydrogen) atoms. The first kappa shape index (κ1) is 14.2. The Bertz CT molecular complexity index is 599. The third-order valence-corrected chi connectivity index (χ3v) is 3.83. The Morgan fingerprint density at radius 3 is 2.62 bits per heavy atom. The second-order valence-electron chi connectivity index (χ2n) is 5.05. The summed E-state index contributed by atoms with van der Waals surface area (Å²) in [6, 6.07) is 0.791. The Hall–Kier alpha value is -1.70. The first-order valence-electron chi connectivity index (χ1n) is 6.35. The Morgan fingerprint density at radius 1 is 1.29 bits per heavy atom. The third kappa shape index (κ3) is 2.17. The van der Waals surface area contributed by atoms with Crippen LogP contribution < -0.4 is 5.32 Å². The molecule has 1 aromatic carbocycles. The van der Waals surface area contributed by atoms with Crippen molar-refractivity contribution in [3.63, 3.8) is 0 Å². The molecule has 0 radical (unpaired) electrons. The van der Waals surface area contributed by atoms with Gasteiger partial charge in [0, 0.05) is 25.2 Å². The van der Waals surface area contributed by atoms with Gasteiger partial charge >= 0.3 is 6.18 Å². The van der Waals surface area contributed by atoms with E-state index in [2.05, 4.69) is 5.32 Å². The number of fused-ring (bicyclic) bond motifs is 3. The summed E-state index contributed by atoms with van der Waals surface area (Å²) in [4.78, 5) is 13.5. The number of nitrogens with zero attached hydrogens (tertiary/aromatic N) is 1.